The molecule has 9 heteroatoms. The van der Waals surface area contributed by atoms with Crippen molar-refractivity contribution in [1.29, 1.82) is 0 Å². The Labute approximate surface area is 157 Å². The predicted molar refractivity (Wildman–Crippen MR) is 98.3 cm³/mol. The fourth-order valence-corrected chi connectivity index (χ4v) is 5.27. The van der Waals surface area contributed by atoms with Gasteiger partial charge in [-0.3, -0.25) is 0 Å². The van der Waals surface area contributed by atoms with Gasteiger partial charge in [0.05, 0.1) is 37.5 Å². The quantitative estimate of drug-likeness (QED) is 0.591. The minimum atomic E-state index is -3.57. The molecule has 1 aliphatic heterocycles. The molecule has 0 radical (unpaired) electrons. The first-order valence-electron chi connectivity index (χ1n) is 8.22. The Morgan fingerprint density at radius 3 is 2.60 bits per heavy atom. The van der Waals surface area contributed by atoms with Crippen molar-refractivity contribution in [1.82, 2.24) is 4.31 Å². The van der Waals surface area contributed by atoms with Crippen molar-refractivity contribution in [3.63, 3.8) is 0 Å². The minimum Gasteiger partial charge on any atom is -0.496 e. The number of nitrogens with zero attached hydrogens (tertiary/aromatic N) is 1. The second-order valence-corrected chi connectivity index (χ2v) is 8.35. The van der Waals surface area contributed by atoms with Crippen molar-refractivity contribution in [2.75, 3.05) is 46.6 Å². The Morgan fingerprint density at radius 1 is 1.24 bits per heavy atom. The summed E-state index contributed by atoms with van der Waals surface area (Å²) in [6.07, 6.45) is 1.39. The van der Waals surface area contributed by atoms with Gasteiger partial charge in [0.15, 0.2) is 0 Å². The number of ether oxygens (including phenoxy) is 3. The van der Waals surface area contributed by atoms with Crippen molar-refractivity contribution in [3.05, 3.63) is 22.7 Å². The Bertz CT molecular complexity index is 648. The molecule has 2 rings (SSSR count). The number of nitrogens with two attached hydrogens (primary N) is 1. The molecule has 1 heterocycles. The molecule has 142 valence electrons. The molecule has 1 aliphatic rings. The van der Waals surface area contributed by atoms with Gasteiger partial charge in [0, 0.05) is 19.6 Å². The summed E-state index contributed by atoms with van der Waals surface area (Å²) in [5.74, 6) is 0.497. The van der Waals surface area contributed by atoms with Gasteiger partial charge in [0.25, 0.3) is 0 Å². The first kappa shape index (κ1) is 20.6. The normalized spacial score (nSPS) is 16.9. The van der Waals surface area contributed by atoms with E-state index >= 15 is 0 Å². The molecule has 0 aromatic heterocycles. The van der Waals surface area contributed by atoms with Gasteiger partial charge >= 0.3 is 0 Å². The number of hydrogen-bond acceptors (Lipinski definition) is 6. The number of benzene rings is 1. The van der Waals surface area contributed by atoms with Crippen molar-refractivity contribution in [2.24, 2.45) is 5.73 Å². The molecule has 1 aromatic carbocycles. The largest absolute Gasteiger partial charge is 0.496 e. The molecule has 7 nitrogen and oxygen atoms in total. The van der Waals surface area contributed by atoms with Crippen molar-refractivity contribution in [2.45, 2.75) is 23.8 Å². The molecule has 0 spiro atoms. The molecule has 25 heavy (non-hydrogen) atoms. The van der Waals surface area contributed by atoms with Crippen molar-refractivity contribution in [3.8, 4) is 5.75 Å². The molecule has 0 amide bonds. The summed E-state index contributed by atoms with van der Waals surface area (Å²) < 4.78 is 43.9. The van der Waals surface area contributed by atoms with Gasteiger partial charge in [-0.05, 0) is 40.9 Å². The van der Waals surface area contributed by atoms with Gasteiger partial charge in [0.1, 0.15) is 10.6 Å². The third-order valence-electron chi connectivity index (χ3n) is 4.01. The van der Waals surface area contributed by atoms with Gasteiger partial charge < -0.3 is 19.9 Å². The average Bonchev–Trinajstić information content (AvgIpc) is 2.62. The van der Waals surface area contributed by atoms with E-state index in [1.165, 1.54) is 11.4 Å². The maximum atomic E-state index is 12.9. The van der Waals surface area contributed by atoms with Crippen molar-refractivity contribution >= 4 is 26.0 Å². The molecular formula is C16H25BrN2O5S. The molecule has 2 N–H and O–H groups in total. The maximum Gasteiger partial charge on any atom is 0.244 e. The van der Waals surface area contributed by atoms with Crippen LogP contribution in [0.15, 0.2) is 27.6 Å². The van der Waals surface area contributed by atoms with Crippen LogP contribution in [0.1, 0.15) is 12.8 Å². The lowest BCUT2D eigenvalue weighted by Gasteiger charge is -2.31. The summed E-state index contributed by atoms with van der Waals surface area (Å²) in [6, 6.07) is 4.98. The summed E-state index contributed by atoms with van der Waals surface area (Å²) >= 11 is 3.33. The van der Waals surface area contributed by atoms with Crippen LogP contribution in [0.4, 0.5) is 0 Å². The van der Waals surface area contributed by atoms with E-state index in [4.69, 9.17) is 19.9 Å². The number of rotatable bonds is 9. The average molecular weight is 437 g/mol. The highest BCUT2D eigenvalue weighted by Crippen LogP contribution is 2.34. The van der Waals surface area contributed by atoms with E-state index in [2.05, 4.69) is 15.9 Å². The van der Waals surface area contributed by atoms with E-state index in [0.717, 1.165) is 0 Å². The minimum absolute atomic E-state index is 0.0571. The van der Waals surface area contributed by atoms with E-state index < -0.39 is 10.0 Å². The number of hydrogen-bond donors (Lipinski definition) is 1. The second-order valence-electron chi connectivity index (χ2n) is 5.65. The van der Waals surface area contributed by atoms with E-state index in [0.29, 0.717) is 62.5 Å². The third kappa shape index (κ3) is 5.38. The third-order valence-corrected chi connectivity index (χ3v) is 7.03. The zero-order valence-electron chi connectivity index (χ0n) is 14.3. The van der Waals surface area contributed by atoms with Crippen molar-refractivity contribution < 1.29 is 22.6 Å². The van der Waals surface area contributed by atoms with Crippen LogP contribution in [0.25, 0.3) is 0 Å². The van der Waals surface area contributed by atoms with Gasteiger partial charge in [-0.15, -0.1) is 0 Å². The molecular weight excluding hydrogens is 412 g/mol. The van der Waals surface area contributed by atoms with Gasteiger partial charge in [-0.25, -0.2) is 8.42 Å². The Hall–Kier alpha value is -0.710. The Balaban J connectivity index is 1.91. The van der Waals surface area contributed by atoms with Gasteiger partial charge in [0.2, 0.25) is 10.0 Å². The van der Waals surface area contributed by atoms with Crippen LogP contribution in [0.3, 0.4) is 0 Å². The lowest BCUT2D eigenvalue weighted by atomic mass is 10.1. The van der Waals surface area contributed by atoms with Crippen LogP contribution in [0.5, 0.6) is 5.75 Å². The lowest BCUT2D eigenvalue weighted by molar-refractivity contribution is -0.0129. The zero-order chi connectivity index (χ0) is 18.3. The predicted octanol–water partition coefficient (Wildman–Crippen LogP) is 1.60. The van der Waals surface area contributed by atoms with Crippen LogP contribution < -0.4 is 10.5 Å². The number of halogens is 1. The smallest absolute Gasteiger partial charge is 0.244 e. The van der Waals surface area contributed by atoms with E-state index in [-0.39, 0.29) is 11.0 Å². The summed E-state index contributed by atoms with van der Waals surface area (Å²) in [5, 5.41) is 0. The number of piperidine rings is 1. The van der Waals surface area contributed by atoms with Crippen LogP contribution in [0.2, 0.25) is 0 Å². The SMILES string of the molecule is COc1cccc(S(=O)(=O)N2CCC(OCCOCCN)CC2)c1Br. The standard InChI is InChI=1S/C16H25BrN2O5S/c1-22-14-3-2-4-15(16(14)17)25(20,21)19-8-5-13(6-9-19)24-12-11-23-10-7-18/h2-4,13H,5-12,18H2,1H3. The van der Waals surface area contributed by atoms with E-state index in [9.17, 15) is 8.42 Å². The number of sulfonamides is 1. The monoisotopic (exact) mass is 436 g/mol. The van der Waals surface area contributed by atoms with E-state index in [1.54, 1.807) is 18.2 Å². The van der Waals surface area contributed by atoms with Crippen LogP contribution in [-0.2, 0) is 19.5 Å². The highest BCUT2D eigenvalue weighted by Gasteiger charge is 2.31. The molecule has 0 saturated carbocycles. The molecule has 0 aliphatic carbocycles. The lowest BCUT2D eigenvalue weighted by Crippen LogP contribution is -2.41. The first-order valence-corrected chi connectivity index (χ1v) is 10.5. The highest BCUT2D eigenvalue weighted by atomic mass is 79.9. The molecule has 1 aromatic rings. The van der Waals surface area contributed by atoms with Crippen LogP contribution >= 0.6 is 15.9 Å². The fraction of sp³-hybridized carbons (Fsp3) is 0.625. The maximum absolute atomic E-state index is 12.9. The fourth-order valence-electron chi connectivity index (χ4n) is 2.68. The molecule has 1 fully saturated rings. The zero-order valence-corrected chi connectivity index (χ0v) is 16.7. The molecule has 0 atom stereocenters. The highest BCUT2D eigenvalue weighted by molar-refractivity contribution is 9.10. The second kappa shape index (κ2) is 9.84. The first-order chi connectivity index (χ1) is 12.0. The van der Waals surface area contributed by atoms with Crippen LogP contribution in [0, 0.1) is 0 Å². The Kier molecular flexibility index (Phi) is 8.11. The van der Waals surface area contributed by atoms with Gasteiger partial charge in [-0.2, -0.15) is 4.31 Å². The molecule has 0 bridgehead atoms. The Morgan fingerprint density at radius 2 is 1.96 bits per heavy atom. The summed E-state index contributed by atoms with van der Waals surface area (Å²) in [7, 11) is -2.06. The number of methoxy groups -OCH3 is 1. The molecule has 1 saturated heterocycles. The molecule has 0 unspecified atom stereocenters. The van der Waals surface area contributed by atoms with Crippen LogP contribution in [-0.4, -0.2) is 65.4 Å². The summed E-state index contributed by atoms with van der Waals surface area (Å²) in [5.41, 5.74) is 5.35. The summed E-state index contributed by atoms with van der Waals surface area (Å²) in [4.78, 5) is 0.224. The topological polar surface area (TPSA) is 91.1 Å². The van der Waals surface area contributed by atoms with E-state index in [1.807, 2.05) is 0 Å². The van der Waals surface area contributed by atoms with Gasteiger partial charge in [-0.1, -0.05) is 6.07 Å². The summed E-state index contributed by atoms with van der Waals surface area (Å²) in [6.45, 7) is 2.89.